The molecule has 172 valence electrons. The van der Waals surface area contributed by atoms with Gasteiger partial charge in [-0.05, 0) is 42.8 Å². The number of aryl methyl sites for hydroxylation is 1. The first-order chi connectivity index (χ1) is 16.6. The molecular formula is C26H24N4O3S. The topological polar surface area (TPSA) is 85.2 Å². The highest BCUT2D eigenvalue weighted by Crippen LogP contribution is 2.23. The Morgan fingerprint density at radius 1 is 0.912 bits per heavy atom. The number of thioether (sulfide) groups is 1. The maximum absolute atomic E-state index is 12.5. The summed E-state index contributed by atoms with van der Waals surface area (Å²) in [4.78, 5) is 29.0. The van der Waals surface area contributed by atoms with Crippen LogP contribution in [0.5, 0.6) is 5.75 Å². The molecule has 1 heterocycles. The van der Waals surface area contributed by atoms with Crippen molar-refractivity contribution in [3.8, 4) is 11.4 Å². The Kier molecular flexibility index (Phi) is 7.62. The number of ether oxygens (including phenoxy) is 1. The quantitative estimate of drug-likeness (QED) is 0.338. The van der Waals surface area contributed by atoms with Crippen LogP contribution < -0.4 is 15.4 Å². The molecule has 0 fully saturated rings. The highest BCUT2D eigenvalue weighted by Gasteiger charge is 2.11. The lowest BCUT2D eigenvalue weighted by atomic mass is 10.2. The zero-order valence-electron chi connectivity index (χ0n) is 18.6. The molecule has 0 saturated carbocycles. The van der Waals surface area contributed by atoms with Crippen molar-refractivity contribution in [2.45, 2.75) is 12.1 Å². The van der Waals surface area contributed by atoms with Gasteiger partial charge < -0.3 is 15.4 Å². The highest BCUT2D eigenvalue weighted by atomic mass is 32.2. The van der Waals surface area contributed by atoms with E-state index in [-0.39, 0.29) is 24.2 Å². The van der Waals surface area contributed by atoms with Crippen LogP contribution in [0.25, 0.3) is 5.69 Å². The molecule has 8 heteroatoms. The maximum atomic E-state index is 12.5. The summed E-state index contributed by atoms with van der Waals surface area (Å²) < 4.78 is 7.55. The van der Waals surface area contributed by atoms with Crippen molar-refractivity contribution in [2.24, 2.45) is 0 Å². The van der Waals surface area contributed by atoms with Crippen LogP contribution in [0.2, 0.25) is 0 Å². The Balaban J connectivity index is 1.29. The van der Waals surface area contributed by atoms with Crippen molar-refractivity contribution in [3.63, 3.8) is 0 Å². The molecule has 2 amide bonds. The van der Waals surface area contributed by atoms with Crippen molar-refractivity contribution < 1.29 is 14.3 Å². The Morgan fingerprint density at radius 3 is 2.47 bits per heavy atom. The van der Waals surface area contributed by atoms with Gasteiger partial charge in [0, 0.05) is 29.8 Å². The molecule has 4 aromatic rings. The van der Waals surface area contributed by atoms with Gasteiger partial charge in [-0.3, -0.25) is 14.2 Å². The molecule has 0 spiro atoms. The van der Waals surface area contributed by atoms with Gasteiger partial charge in [-0.15, -0.1) is 0 Å². The SMILES string of the molecule is Cc1ccccc1-n1ccnc1SCC(=O)Nc1cccc(OCC(=O)Nc2ccccc2)c1. The minimum atomic E-state index is -0.263. The molecule has 2 N–H and O–H groups in total. The number of aromatic nitrogens is 2. The van der Waals surface area contributed by atoms with E-state index < -0.39 is 0 Å². The monoisotopic (exact) mass is 472 g/mol. The Morgan fingerprint density at radius 2 is 1.65 bits per heavy atom. The van der Waals surface area contributed by atoms with Gasteiger partial charge in [0.15, 0.2) is 11.8 Å². The van der Waals surface area contributed by atoms with Crippen LogP contribution in [0.15, 0.2) is 96.4 Å². The summed E-state index contributed by atoms with van der Waals surface area (Å²) >= 11 is 1.36. The number of benzene rings is 3. The molecule has 3 aromatic carbocycles. The van der Waals surface area contributed by atoms with Crippen molar-refractivity contribution >= 4 is 35.0 Å². The Labute approximate surface area is 202 Å². The van der Waals surface area contributed by atoms with Crippen molar-refractivity contribution in [1.82, 2.24) is 9.55 Å². The van der Waals surface area contributed by atoms with E-state index in [1.165, 1.54) is 11.8 Å². The van der Waals surface area contributed by atoms with Gasteiger partial charge in [0.05, 0.1) is 11.4 Å². The highest BCUT2D eigenvalue weighted by molar-refractivity contribution is 7.99. The van der Waals surface area contributed by atoms with E-state index in [0.717, 1.165) is 16.4 Å². The van der Waals surface area contributed by atoms with E-state index in [1.807, 2.05) is 60.2 Å². The van der Waals surface area contributed by atoms with E-state index in [4.69, 9.17) is 4.74 Å². The second kappa shape index (κ2) is 11.2. The summed E-state index contributed by atoms with van der Waals surface area (Å²) in [5, 5.41) is 6.37. The first-order valence-electron chi connectivity index (χ1n) is 10.7. The maximum Gasteiger partial charge on any atom is 0.262 e. The van der Waals surface area contributed by atoms with Gasteiger partial charge in [0.2, 0.25) is 5.91 Å². The van der Waals surface area contributed by atoms with Crippen molar-refractivity contribution in [3.05, 3.63) is 96.8 Å². The predicted molar refractivity (Wildman–Crippen MR) is 135 cm³/mol. The number of nitrogens with one attached hydrogen (secondary N) is 2. The zero-order chi connectivity index (χ0) is 23.8. The van der Waals surface area contributed by atoms with Gasteiger partial charge in [-0.1, -0.05) is 54.2 Å². The molecule has 4 rings (SSSR count). The number of para-hydroxylation sites is 2. The molecule has 0 bridgehead atoms. The second-order valence-electron chi connectivity index (χ2n) is 7.43. The molecule has 0 saturated heterocycles. The molecule has 34 heavy (non-hydrogen) atoms. The smallest absolute Gasteiger partial charge is 0.262 e. The minimum Gasteiger partial charge on any atom is -0.484 e. The summed E-state index contributed by atoms with van der Waals surface area (Å²) in [6.07, 6.45) is 3.61. The van der Waals surface area contributed by atoms with Crippen molar-refractivity contribution in [2.75, 3.05) is 23.0 Å². The molecule has 1 aromatic heterocycles. The third kappa shape index (κ3) is 6.26. The summed E-state index contributed by atoms with van der Waals surface area (Å²) in [6.45, 7) is 1.90. The van der Waals surface area contributed by atoms with Crippen molar-refractivity contribution in [1.29, 1.82) is 0 Å². The number of carbonyl (C=O) groups is 2. The largest absolute Gasteiger partial charge is 0.484 e. The van der Waals surface area contributed by atoms with E-state index in [9.17, 15) is 9.59 Å². The van der Waals surface area contributed by atoms with Crippen LogP contribution in [0.3, 0.4) is 0 Å². The number of nitrogens with zero attached hydrogens (tertiary/aromatic N) is 2. The molecule has 0 aliphatic carbocycles. The first kappa shape index (κ1) is 23.1. The lowest BCUT2D eigenvalue weighted by Gasteiger charge is -2.11. The third-order valence-corrected chi connectivity index (χ3v) is 5.83. The number of rotatable bonds is 9. The standard InChI is InChI=1S/C26H24N4O3S/c1-19-8-5-6-13-23(19)30-15-14-27-26(30)34-18-25(32)29-21-11-7-12-22(16-21)33-17-24(31)28-20-9-3-2-4-10-20/h2-16H,17-18H2,1H3,(H,28,31)(H,29,32). The van der Waals surface area contributed by atoms with Crippen LogP contribution in [0.4, 0.5) is 11.4 Å². The lowest BCUT2D eigenvalue weighted by molar-refractivity contribution is -0.118. The fraction of sp³-hybridized carbons (Fsp3) is 0.115. The summed E-state index contributed by atoms with van der Waals surface area (Å²) in [5.74, 6) is 0.265. The van der Waals surface area contributed by atoms with Crippen LogP contribution in [0, 0.1) is 6.92 Å². The third-order valence-electron chi connectivity index (χ3n) is 4.86. The Hall–Kier alpha value is -4.04. The van der Waals surface area contributed by atoms with Gasteiger partial charge in [0.1, 0.15) is 5.75 Å². The Bertz CT molecular complexity index is 1270. The summed E-state index contributed by atoms with van der Waals surface area (Å²) in [6, 6.07) is 24.2. The molecule has 0 aliphatic heterocycles. The average molecular weight is 473 g/mol. The second-order valence-corrected chi connectivity index (χ2v) is 8.38. The minimum absolute atomic E-state index is 0.135. The average Bonchev–Trinajstić information content (AvgIpc) is 3.31. The van der Waals surface area contributed by atoms with Crippen LogP contribution >= 0.6 is 11.8 Å². The molecule has 0 radical (unpaired) electrons. The first-order valence-corrected chi connectivity index (χ1v) is 11.7. The zero-order valence-corrected chi connectivity index (χ0v) is 19.4. The molecule has 0 unspecified atom stereocenters. The number of amides is 2. The van der Waals surface area contributed by atoms with Gasteiger partial charge >= 0.3 is 0 Å². The normalized spacial score (nSPS) is 10.5. The van der Waals surface area contributed by atoms with Crippen LogP contribution in [0.1, 0.15) is 5.56 Å². The van der Waals surface area contributed by atoms with E-state index in [1.54, 1.807) is 42.6 Å². The van der Waals surface area contributed by atoms with Gasteiger partial charge in [0.25, 0.3) is 5.91 Å². The van der Waals surface area contributed by atoms with Crippen LogP contribution in [-0.2, 0) is 9.59 Å². The molecule has 0 atom stereocenters. The summed E-state index contributed by atoms with van der Waals surface area (Å²) in [5.41, 5.74) is 3.46. The number of hydrogen-bond donors (Lipinski definition) is 2. The predicted octanol–water partition coefficient (Wildman–Crippen LogP) is 4.93. The van der Waals surface area contributed by atoms with E-state index in [0.29, 0.717) is 17.1 Å². The van der Waals surface area contributed by atoms with Gasteiger partial charge in [-0.2, -0.15) is 0 Å². The van der Waals surface area contributed by atoms with E-state index >= 15 is 0 Å². The van der Waals surface area contributed by atoms with Crippen LogP contribution in [-0.4, -0.2) is 33.7 Å². The number of imidazole rings is 1. The number of carbonyl (C=O) groups excluding carboxylic acids is 2. The fourth-order valence-corrected chi connectivity index (χ4v) is 4.04. The molecule has 7 nitrogen and oxygen atoms in total. The molecular weight excluding hydrogens is 448 g/mol. The van der Waals surface area contributed by atoms with Gasteiger partial charge in [-0.25, -0.2) is 4.98 Å². The molecule has 0 aliphatic rings. The number of anilines is 2. The fourth-order valence-electron chi connectivity index (χ4n) is 3.27. The van der Waals surface area contributed by atoms with E-state index in [2.05, 4.69) is 15.6 Å². The summed E-state index contributed by atoms with van der Waals surface area (Å²) in [7, 11) is 0. The lowest BCUT2D eigenvalue weighted by Crippen LogP contribution is -2.20. The number of hydrogen-bond acceptors (Lipinski definition) is 5.